The predicted octanol–water partition coefficient (Wildman–Crippen LogP) is 3.53. The Kier molecular flexibility index (Phi) is 3.78. The van der Waals surface area contributed by atoms with Gasteiger partial charge in [-0.2, -0.15) is 4.98 Å². The Morgan fingerprint density at radius 1 is 1.29 bits per heavy atom. The van der Waals surface area contributed by atoms with Crippen LogP contribution in [0.2, 0.25) is 0 Å². The van der Waals surface area contributed by atoms with Crippen molar-refractivity contribution in [2.75, 3.05) is 0 Å². The van der Waals surface area contributed by atoms with Gasteiger partial charge in [0, 0.05) is 10.4 Å². The molecule has 1 heterocycles. The topological polar surface area (TPSA) is 48.2 Å². The molecule has 0 N–H and O–H groups in total. The lowest BCUT2D eigenvalue weighted by molar-refractivity contribution is 0.284. The van der Waals surface area contributed by atoms with Crippen LogP contribution in [0.3, 0.4) is 0 Å². The van der Waals surface area contributed by atoms with Crippen LogP contribution in [0.5, 0.6) is 5.75 Å². The van der Waals surface area contributed by atoms with Gasteiger partial charge >= 0.3 is 0 Å². The van der Waals surface area contributed by atoms with Crippen LogP contribution in [0.15, 0.2) is 33.3 Å². The molecule has 0 unspecified atom stereocenters. The van der Waals surface area contributed by atoms with E-state index in [1.165, 1.54) is 0 Å². The van der Waals surface area contributed by atoms with E-state index in [2.05, 4.69) is 26.1 Å². The van der Waals surface area contributed by atoms with Gasteiger partial charge in [0.1, 0.15) is 5.75 Å². The molecule has 17 heavy (non-hydrogen) atoms. The second-order valence-corrected chi connectivity index (χ2v) is 4.86. The van der Waals surface area contributed by atoms with Gasteiger partial charge in [0.15, 0.2) is 6.61 Å². The Morgan fingerprint density at radius 2 is 2.00 bits per heavy atom. The number of hydrogen-bond acceptors (Lipinski definition) is 4. The first-order valence-electron chi connectivity index (χ1n) is 5.36. The van der Waals surface area contributed by atoms with Crippen LogP contribution in [0, 0.1) is 0 Å². The minimum Gasteiger partial charge on any atom is -0.485 e. The third-order valence-corrected chi connectivity index (χ3v) is 2.69. The van der Waals surface area contributed by atoms with Crippen molar-refractivity contribution in [3.8, 4) is 5.75 Å². The number of aromatic nitrogens is 2. The van der Waals surface area contributed by atoms with Crippen molar-refractivity contribution >= 4 is 15.9 Å². The van der Waals surface area contributed by atoms with E-state index in [1.807, 2.05) is 38.1 Å². The minimum absolute atomic E-state index is 0.240. The molecule has 0 spiro atoms. The molecule has 2 aromatic rings. The molecule has 2 rings (SSSR count). The van der Waals surface area contributed by atoms with Crippen molar-refractivity contribution in [2.24, 2.45) is 0 Å². The van der Waals surface area contributed by atoms with E-state index in [1.54, 1.807) is 0 Å². The normalized spacial score (nSPS) is 10.8. The molecule has 4 nitrogen and oxygen atoms in total. The van der Waals surface area contributed by atoms with Gasteiger partial charge in [0.25, 0.3) is 0 Å². The molecule has 0 saturated heterocycles. The highest BCUT2D eigenvalue weighted by Crippen LogP contribution is 2.17. The summed E-state index contributed by atoms with van der Waals surface area (Å²) in [5.74, 6) is 2.23. The highest BCUT2D eigenvalue weighted by atomic mass is 79.9. The van der Waals surface area contributed by atoms with Crippen LogP contribution in [0.25, 0.3) is 0 Å². The minimum atomic E-state index is 0.240. The fraction of sp³-hybridized carbons (Fsp3) is 0.333. The molecule has 0 atom stereocenters. The molecule has 0 bridgehead atoms. The van der Waals surface area contributed by atoms with Crippen molar-refractivity contribution in [3.63, 3.8) is 0 Å². The van der Waals surface area contributed by atoms with Crippen LogP contribution >= 0.6 is 15.9 Å². The fourth-order valence-corrected chi connectivity index (χ4v) is 1.50. The van der Waals surface area contributed by atoms with Crippen LogP contribution in [0.1, 0.15) is 31.5 Å². The summed E-state index contributed by atoms with van der Waals surface area (Å²) in [5, 5.41) is 3.85. The molecular formula is C12H13BrN2O2. The van der Waals surface area contributed by atoms with Crippen molar-refractivity contribution in [3.05, 3.63) is 40.5 Å². The van der Waals surface area contributed by atoms with Gasteiger partial charge in [-0.05, 0) is 24.3 Å². The van der Waals surface area contributed by atoms with Gasteiger partial charge in [0.2, 0.25) is 11.7 Å². The molecular weight excluding hydrogens is 284 g/mol. The van der Waals surface area contributed by atoms with E-state index in [0.29, 0.717) is 18.3 Å². The maximum absolute atomic E-state index is 5.53. The number of ether oxygens (including phenoxy) is 1. The van der Waals surface area contributed by atoms with Gasteiger partial charge in [-0.15, -0.1) is 0 Å². The maximum Gasteiger partial charge on any atom is 0.229 e. The van der Waals surface area contributed by atoms with E-state index in [4.69, 9.17) is 9.26 Å². The molecule has 0 amide bonds. The lowest BCUT2D eigenvalue weighted by atomic mass is 10.2. The summed E-state index contributed by atoms with van der Waals surface area (Å²) < 4.78 is 11.6. The van der Waals surface area contributed by atoms with Gasteiger partial charge in [0.05, 0.1) is 0 Å². The maximum atomic E-state index is 5.53. The average molecular weight is 297 g/mol. The highest BCUT2D eigenvalue weighted by Gasteiger charge is 2.09. The third-order valence-electron chi connectivity index (χ3n) is 2.16. The number of nitrogens with zero attached hydrogens (tertiary/aromatic N) is 2. The summed E-state index contributed by atoms with van der Waals surface area (Å²) in [5.41, 5.74) is 0. The number of hydrogen-bond donors (Lipinski definition) is 0. The number of benzene rings is 1. The summed E-state index contributed by atoms with van der Waals surface area (Å²) in [7, 11) is 0. The Labute approximate surface area is 108 Å². The average Bonchev–Trinajstić information content (AvgIpc) is 2.77. The summed E-state index contributed by atoms with van der Waals surface area (Å²) in [6.45, 7) is 4.33. The van der Waals surface area contributed by atoms with Gasteiger partial charge < -0.3 is 9.26 Å². The molecule has 0 aliphatic carbocycles. The van der Waals surface area contributed by atoms with Crippen LogP contribution in [-0.4, -0.2) is 10.1 Å². The summed E-state index contributed by atoms with van der Waals surface area (Å²) in [6, 6.07) is 7.61. The molecule has 0 fully saturated rings. The predicted molar refractivity (Wildman–Crippen MR) is 66.9 cm³/mol. The zero-order chi connectivity index (χ0) is 12.3. The molecule has 90 valence electrons. The zero-order valence-electron chi connectivity index (χ0n) is 9.68. The van der Waals surface area contributed by atoms with E-state index < -0.39 is 0 Å². The Balaban J connectivity index is 1.95. The molecule has 0 saturated carbocycles. The van der Waals surface area contributed by atoms with Crippen molar-refractivity contribution < 1.29 is 9.26 Å². The first-order valence-corrected chi connectivity index (χ1v) is 6.15. The second-order valence-electron chi connectivity index (χ2n) is 3.95. The molecule has 1 aromatic carbocycles. The molecule has 0 radical (unpaired) electrons. The smallest absolute Gasteiger partial charge is 0.229 e. The number of halogens is 1. The third kappa shape index (κ3) is 3.30. The summed E-state index contributed by atoms with van der Waals surface area (Å²) in [6.07, 6.45) is 0. The van der Waals surface area contributed by atoms with Crippen LogP contribution < -0.4 is 4.74 Å². The van der Waals surface area contributed by atoms with Gasteiger partial charge in [-0.1, -0.05) is 34.9 Å². The zero-order valence-corrected chi connectivity index (χ0v) is 11.3. The molecule has 0 aliphatic rings. The van der Waals surface area contributed by atoms with Crippen molar-refractivity contribution in [2.45, 2.75) is 26.4 Å². The summed E-state index contributed by atoms with van der Waals surface area (Å²) >= 11 is 3.37. The summed E-state index contributed by atoms with van der Waals surface area (Å²) in [4.78, 5) is 4.23. The van der Waals surface area contributed by atoms with Gasteiger partial charge in [-0.25, -0.2) is 0 Å². The highest BCUT2D eigenvalue weighted by molar-refractivity contribution is 9.10. The Morgan fingerprint density at radius 3 is 2.59 bits per heavy atom. The van der Waals surface area contributed by atoms with Gasteiger partial charge in [-0.3, -0.25) is 0 Å². The lowest BCUT2D eigenvalue weighted by Crippen LogP contribution is -1.98. The second kappa shape index (κ2) is 5.31. The quantitative estimate of drug-likeness (QED) is 0.866. The van der Waals surface area contributed by atoms with E-state index in [9.17, 15) is 0 Å². The first-order chi connectivity index (χ1) is 8.15. The molecule has 1 aromatic heterocycles. The first kappa shape index (κ1) is 12.1. The van der Waals surface area contributed by atoms with E-state index in [-0.39, 0.29) is 5.92 Å². The monoisotopic (exact) mass is 296 g/mol. The SMILES string of the molecule is CC(C)c1nc(COc2ccc(Br)cc2)no1. The lowest BCUT2D eigenvalue weighted by Gasteiger charge is -2.02. The standard InChI is InChI=1S/C12H13BrN2O2/c1-8(2)12-14-11(15-17-12)7-16-10-5-3-9(13)4-6-10/h3-6,8H,7H2,1-2H3. The van der Waals surface area contributed by atoms with Crippen molar-refractivity contribution in [1.82, 2.24) is 10.1 Å². The van der Waals surface area contributed by atoms with E-state index in [0.717, 1.165) is 10.2 Å². The van der Waals surface area contributed by atoms with Crippen molar-refractivity contribution in [1.29, 1.82) is 0 Å². The van der Waals surface area contributed by atoms with E-state index >= 15 is 0 Å². The molecule has 5 heteroatoms. The largest absolute Gasteiger partial charge is 0.485 e. The van der Waals surface area contributed by atoms with Crippen LogP contribution in [-0.2, 0) is 6.61 Å². The Bertz CT molecular complexity index is 480. The Hall–Kier alpha value is -1.36. The fourth-order valence-electron chi connectivity index (χ4n) is 1.24. The molecule has 0 aliphatic heterocycles. The van der Waals surface area contributed by atoms with Crippen LogP contribution in [0.4, 0.5) is 0 Å². The number of rotatable bonds is 4.